The summed E-state index contributed by atoms with van der Waals surface area (Å²) in [5.74, 6) is 0.202. The Morgan fingerprint density at radius 3 is 2.21 bits per heavy atom. The molecule has 2 aromatic carbocycles. The van der Waals surface area contributed by atoms with E-state index in [1.807, 2.05) is 32.0 Å². The normalized spacial score (nSPS) is 20.6. The largest absolute Gasteiger partial charge is 0.496 e. The number of hydrogen-bond donors (Lipinski definition) is 1. The number of benzene rings is 2. The van der Waals surface area contributed by atoms with E-state index in [-0.39, 0.29) is 35.5 Å². The quantitative estimate of drug-likeness (QED) is 0.200. The minimum absolute atomic E-state index is 0.0212. The monoisotopic (exact) mass is 684 g/mol. The summed E-state index contributed by atoms with van der Waals surface area (Å²) in [4.78, 5) is 26.9. The van der Waals surface area contributed by atoms with E-state index in [1.54, 1.807) is 14.0 Å². The van der Waals surface area contributed by atoms with E-state index >= 15 is 0 Å². The maximum atomic E-state index is 13.6. The first-order valence-electron chi connectivity index (χ1n) is 15.7. The van der Waals surface area contributed by atoms with Gasteiger partial charge in [-0.2, -0.15) is 26.3 Å². The zero-order valence-electron chi connectivity index (χ0n) is 28.1. The number of methoxy groups -OCH3 is 2. The van der Waals surface area contributed by atoms with Crippen molar-refractivity contribution < 1.29 is 50.1 Å². The van der Waals surface area contributed by atoms with Gasteiger partial charge in [0.05, 0.1) is 31.4 Å². The highest BCUT2D eigenvalue weighted by Gasteiger charge is 2.44. The van der Waals surface area contributed by atoms with Gasteiger partial charge in [-0.05, 0) is 90.1 Å². The van der Waals surface area contributed by atoms with Crippen molar-refractivity contribution in [2.24, 2.45) is 11.3 Å². The van der Waals surface area contributed by atoms with E-state index in [0.717, 1.165) is 28.7 Å². The summed E-state index contributed by atoms with van der Waals surface area (Å²) in [5.41, 5.74) is 0.0124. The SMILES string of the molecule is COC(=O)[C@H](NCc1ccc(OC)c(C2=C(CN3C(=O)O[C@H](c4cc(C(F)(F)F)cc(C(F)(F)F)c4)[C@@H]3C)CC(C)(C)CC2)c1)C(C)C. The lowest BCUT2D eigenvalue weighted by atomic mass is 9.72. The number of carbonyl (C=O) groups is 2. The average Bonchev–Trinajstić information content (AvgIpc) is 3.27. The lowest BCUT2D eigenvalue weighted by molar-refractivity contribution is -0.145. The Labute approximate surface area is 276 Å². The Balaban J connectivity index is 1.70. The average molecular weight is 685 g/mol. The van der Waals surface area contributed by atoms with E-state index in [0.29, 0.717) is 37.3 Å². The lowest BCUT2D eigenvalue weighted by Gasteiger charge is -2.36. The first-order chi connectivity index (χ1) is 22.3. The third-order valence-electron chi connectivity index (χ3n) is 9.10. The number of nitrogens with zero attached hydrogens (tertiary/aromatic N) is 1. The Kier molecular flexibility index (Phi) is 10.8. The molecule has 0 saturated carbocycles. The van der Waals surface area contributed by atoms with Crippen LogP contribution in [0.15, 0.2) is 42.0 Å². The van der Waals surface area contributed by atoms with Crippen LogP contribution in [0.3, 0.4) is 0 Å². The molecule has 0 radical (unpaired) electrons. The molecule has 1 fully saturated rings. The number of amides is 1. The number of hydrogen-bond acceptors (Lipinski definition) is 6. The third-order valence-corrected chi connectivity index (χ3v) is 9.10. The number of esters is 1. The fourth-order valence-electron chi connectivity index (χ4n) is 6.44. The molecule has 0 aromatic heterocycles. The molecule has 0 unspecified atom stereocenters. The van der Waals surface area contributed by atoms with Crippen molar-refractivity contribution in [1.29, 1.82) is 0 Å². The number of carbonyl (C=O) groups excluding carboxylic acids is 2. The summed E-state index contributed by atoms with van der Waals surface area (Å²) in [6.07, 6.45) is -10.2. The van der Waals surface area contributed by atoms with E-state index < -0.39 is 47.8 Å². The number of alkyl halides is 6. The number of ether oxygens (including phenoxy) is 3. The Hall–Kier alpha value is -3.74. The van der Waals surface area contributed by atoms with E-state index in [1.165, 1.54) is 12.0 Å². The standard InChI is InChI=1S/C35H42F6N2O5/c1-19(2)29(31(44)47-7)42-17-21-8-9-28(46-6)27(12-21)26-10-11-33(4,5)16-23(26)18-43-20(3)30(48-32(43)45)22-13-24(34(36,37)38)15-25(14-22)35(39,40)41/h8-9,12-15,19-20,29-30,42H,10-11,16-18H2,1-7H3/t20-,29+,30-/m0/s1. The van der Waals surface area contributed by atoms with Crippen LogP contribution >= 0.6 is 0 Å². The zero-order valence-corrected chi connectivity index (χ0v) is 28.1. The van der Waals surface area contributed by atoms with Crippen LogP contribution in [0, 0.1) is 11.3 Å². The highest BCUT2D eigenvalue weighted by Crippen LogP contribution is 2.46. The molecule has 1 saturated heterocycles. The molecule has 0 spiro atoms. The summed E-state index contributed by atoms with van der Waals surface area (Å²) in [5, 5.41) is 3.25. The van der Waals surface area contributed by atoms with Gasteiger partial charge in [0.25, 0.3) is 0 Å². The molecule has 48 heavy (non-hydrogen) atoms. The fraction of sp³-hybridized carbons (Fsp3) is 0.543. The minimum Gasteiger partial charge on any atom is -0.496 e. The van der Waals surface area contributed by atoms with Crippen LogP contribution in [0.2, 0.25) is 0 Å². The topological polar surface area (TPSA) is 77.1 Å². The predicted octanol–water partition coefficient (Wildman–Crippen LogP) is 8.57. The van der Waals surface area contributed by atoms with Crippen LogP contribution in [0.1, 0.15) is 87.8 Å². The van der Waals surface area contributed by atoms with Crippen LogP contribution < -0.4 is 10.1 Å². The van der Waals surface area contributed by atoms with Gasteiger partial charge < -0.3 is 19.5 Å². The first-order valence-corrected chi connectivity index (χ1v) is 15.7. The molecular weight excluding hydrogens is 642 g/mol. The zero-order chi connectivity index (χ0) is 35.8. The number of halogens is 6. The van der Waals surface area contributed by atoms with Crippen molar-refractivity contribution in [3.63, 3.8) is 0 Å². The van der Waals surface area contributed by atoms with E-state index in [9.17, 15) is 35.9 Å². The Morgan fingerprint density at radius 2 is 1.67 bits per heavy atom. The second-order valence-electron chi connectivity index (χ2n) is 13.6. The van der Waals surface area contributed by atoms with Gasteiger partial charge in [-0.1, -0.05) is 33.8 Å². The second kappa shape index (κ2) is 14.0. The van der Waals surface area contributed by atoms with Crippen molar-refractivity contribution in [1.82, 2.24) is 10.2 Å². The molecule has 2 aliphatic rings. The van der Waals surface area contributed by atoms with Crippen LogP contribution in [-0.4, -0.2) is 49.8 Å². The highest BCUT2D eigenvalue weighted by atomic mass is 19.4. The molecule has 1 aliphatic heterocycles. The molecule has 4 rings (SSSR count). The van der Waals surface area contributed by atoms with Crippen LogP contribution in [0.5, 0.6) is 5.75 Å². The predicted molar refractivity (Wildman–Crippen MR) is 167 cm³/mol. The number of cyclic esters (lactones) is 1. The van der Waals surface area contributed by atoms with Gasteiger partial charge in [-0.25, -0.2) is 4.79 Å². The van der Waals surface area contributed by atoms with Gasteiger partial charge in [0.1, 0.15) is 17.9 Å². The van der Waals surface area contributed by atoms with Gasteiger partial charge in [0.15, 0.2) is 0 Å². The number of nitrogens with one attached hydrogen (secondary N) is 1. The molecule has 1 heterocycles. The molecular formula is C35H42F6N2O5. The number of allylic oxidation sites excluding steroid dienone is 1. The minimum atomic E-state index is -5.03. The van der Waals surface area contributed by atoms with Crippen molar-refractivity contribution in [3.05, 3.63) is 69.8 Å². The molecule has 3 atom stereocenters. The van der Waals surface area contributed by atoms with Gasteiger partial charge in [0, 0.05) is 18.7 Å². The van der Waals surface area contributed by atoms with Crippen LogP contribution in [-0.2, 0) is 33.2 Å². The molecule has 1 amide bonds. The molecule has 7 nitrogen and oxygen atoms in total. The highest BCUT2D eigenvalue weighted by molar-refractivity contribution is 5.77. The maximum absolute atomic E-state index is 13.6. The van der Waals surface area contributed by atoms with Crippen molar-refractivity contribution in [3.8, 4) is 5.75 Å². The van der Waals surface area contributed by atoms with E-state index in [4.69, 9.17) is 14.2 Å². The molecule has 13 heteroatoms. The summed E-state index contributed by atoms with van der Waals surface area (Å²) >= 11 is 0. The van der Waals surface area contributed by atoms with Gasteiger partial charge >= 0.3 is 24.4 Å². The fourth-order valence-corrected chi connectivity index (χ4v) is 6.44. The maximum Gasteiger partial charge on any atom is 0.416 e. The summed E-state index contributed by atoms with van der Waals surface area (Å²) in [6.45, 7) is 9.97. The molecule has 264 valence electrons. The Morgan fingerprint density at radius 1 is 1.04 bits per heavy atom. The van der Waals surface area contributed by atoms with Gasteiger partial charge in [-0.3, -0.25) is 9.69 Å². The van der Waals surface area contributed by atoms with E-state index in [2.05, 4.69) is 19.2 Å². The van der Waals surface area contributed by atoms with Crippen LogP contribution in [0.25, 0.3) is 5.57 Å². The molecule has 0 bridgehead atoms. The third kappa shape index (κ3) is 8.27. The summed E-state index contributed by atoms with van der Waals surface area (Å²) in [7, 11) is 2.88. The number of rotatable bonds is 10. The molecule has 1 aliphatic carbocycles. The first kappa shape index (κ1) is 37.1. The smallest absolute Gasteiger partial charge is 0.416 e. The lowest BCUT2D eigenvalue weighted by Crippen LogP contribution is -2.41. The van der Waals surface area contributed by atoms with Crippen LogP contribution in [0.4, 0.5) is 31.1 Å². The Bertz CT molecular complexity index is 1520. The van der Waals surface area contributed by atoms with Crippen molar-refractivity contribution >= 4 is 17.6 Å². The van der Waals surface area contributed by atoms with Crippen molar-refractivity contribution in [2.45, 2.75) is 91.0 Å². The summed E-state index contributed by atoms with van der Waals surface area (Å²) in [6, 6.07) is 5.55. The second-order valence-corrected chi connectivity index (χ2v) is 13.6. The molecule has 2 aromatic rings. The van der Waals surface area contributed by atoms with Gasteiger partial charge in [0.2, 0.25) is 0 Å². The van der Waals surface area contributed by atoms with Crippen molar-refractivity contribution in [2.75, 3.05) is 20.8 Å². The summed E-state index contributed by atoms with van der Waals surface area (Å²) < 4.78 is 97.7. The molecule has 1 N–H and O–H groups in total. The van der Waals surface area contributed by atoms with Gasteiger partial charge in [-0.15, -0.1) is 0 Å².